The molecule has 0 amide bonds. The first-order valence-corrected chi connectivity index (χ1v) is 11.7. The predicted molar refractivity (Wildman–Crippen MR) is 142 cm³/mol. The number of hydrogen-bond donors (Lipinski definition) is 1. The molecule has 2 heterocycles. The molecule has 0 aliphatic carbocycles. The van der Waals surface area contributed by atoms with Gasteiger partial charge in [-0.1, -0.05) is 0 Å². The number of halogens is 2. The highest BCUT2D eigenvalue weighted by Gasteiger charge is 2.21. The zero-order chi connectivity index (χ0) is 25.5. The quantitative estimate of drug-likeness (QED) is 0.267. The average molecular weight is 493 g/mol. The molecule has 0 aliphatic heterocycles. The van der Waals surface area contributed by atoms with Crippen LogP contribution in [-0.2, 0) is 0 Å². The van der Waals surface area contributed by atoms with E-state index in [2.05, 4.69) is 21.3 Å². The molecule has 0 aliphatic rings. The van der Waals surface area contributed by atoms with Crippen molar-refractivity contribution in [2.24, 2.45) is 0 Å². The molecule has 37 heavy (non-hydrogen) atoms. The molecule has 6 rings (SSSR count). The van der Waals surface area contributed by atoms with Crippen LogP contribution in [0.5, 0.6) is 11.5 Å². The number of ether oxygens (including phenoxy) is 1. The molecule has 0 spiro atoms. The summed E-state index contributed by atoms with van der Waals surface area (Å²) in [6.45, 7) is 0. The molecule has 1 N–H and O–H groups in total. The maximum absolute atomic E-state index is 13.8. The third-order valence-electron chi connectivity index (χ3n) is 6.49. The minimum atomic E-state index is -0.308. The summed E-state index contributed by atoms with van der Waals surface area (Å²) in [4.78, 5) is 0. The molecule has 182 valence electrons. The molecular weight excluding hydrogens is 470 g/mol. The van der Waals surface area contributed by atoms with Crippen molar-refractivity contribution < 1.29 is 18.6 Å². The lowest BCUT2D eigenvalue weighted by Gasteiger charge is -2.12. The van der Waals surface area contributed by atoms with Crippen LogP contribution in [0, 0.1) is 11.6 Å². The van der Waals surface area contributed by atoms with Crippen molar-refractivity contribution in [1.29, 1.82) is 0 Å². The van der Waals surface area contributed by atoms with Gasteiger partial charge < -0.3 is 19.0 Å². The molecule has 6 aromatic rings. The minimum absolute atomic E-state index is 0.165. The highest BCUT2D eigenvalue weighted by atomic mass is 19.1. The summed E-state index contributed by atoms with van der Waals surface area (Å²) in [5.41, 5.74) is 7.01. The fourth-order valence-corrected chi connectivity index (χ4v) is 4.71. The van der Waals surface area contributed by atoms with Gasteiger partial charge in [-0.05, 0) is 120 Å². The molecule has 4 nitrogen and oxygen atoms in total. The van der Waals surface area contributed by atoms with Gasteiger partial charge in [-0.15, -0.1) is 0 Å². The van der Waals surface area contributed by atoms with Gasteiger partial charge in [-0.2, -0.15) is 0 Å². The third kappa shape index (κ3) is 4.02. The van der Waals surface area contributed by atoms with E-state index in [0.29, 0.717) is 0 Å². The fraction of sp³-hybridized carbons (Fsp3) is 0.0323. The van der Waals surface area contributed by atoms with Gasteiger partial charge in [0.1, 0.15) is 23.1 Å². The van der Waals surface area contributed by atoms with Crippen molar-refractivity contribution in [3.05, 3.63) is 121 Å². The van der Waals surface area contributed by atoms with Crippen LogP contribution in [0.3, 0.4) is 0 Å². The van der Waals surface area contributed by atoms with Gasteiger partial charge in [0.25, 0.3) is 0 Å². The molecule has 0 saturated heterocycles. The van der Waals surface area contributed by atoms with Gasteiger partial charge in [-0.25, -0.2) is 8.78 Å². The van der Waals surface area contributed by atoms with E-state index in [1.807, 2.05) is 36.4 Å². The summed E-state index contributed by atoms with van der Waals surface area (Å²) < 4.78 is 37.1. The summed E-state index contributed by atoms with van der Waals surface area (Å²) in [5.74, 6) is 0.294. The normalized spacial score (nSPS) is 11.2. The van der Waals surface area contributed by atoms with E-state index in [4.69, 9.17) is 4.74 Å². The minimum Gasteiger partial charge on any atom is -0.508 e. The second-order valence-electron chi connectivity index (χ2n) is 8.73. The Bertz CT molecular complexity index is 1700. The summed E-state index contributed by atoms with van der Waals surface area (Å²) in [5, 5.41) is 9.90. The van der Waals surface area contributed by atoms with E-state index in [-0.39, 0.29) is 17.4 Å². The molecular formula is C31H22F2N2O2. The number of nitrogens with zero attached hydrogens (tertiary/aromatic N) is 2. The predicted octanol–water partition coefficient (Wildman–Crippen LogP) is 7.75. The second kappa shape index (κ2) is 8.99. The van der Waals surface area contributed by atoms with E-state index in [0.717, 1.165) is 50.7 Å². The first kappa shape index (κ1) is 22.6. The standard InChI is InChI=1S/C31H22F2N2O2/c1-37-27-16-12-25(13-17-27)35-29(21-4-8-23(33)9-5-21)19-30-31(35)18-28(20-2-6-22(32)7-3-20)34(30)24-10-14-26(36)15-11-24/h2-19,36H,1H3. The van der Waals surface area contributed by atoms with Gasteiger partial charge in [0.05, 0.1) is 29.5 Å². The first-order valence-electron chi connectivity index (χ1n) is 11.7. The molecule has 0 atom stereocenters. The Morgan fingerprint density at radius 2 is 0.973 bits per heavy atom. The number of methoxy groups -OCH3 is 1. The second-order valence-corrected chi connectivity index (χ2v) is 8.73. The Hall–Kier alpha value is -4.84. The van der Waals surface area contributed by atoms with Crippen LogP contribution in [0.25, 0.3) is 44.9 Å². The molecule has 0 bridgehead atoms. The van der Waals surface area contributed by atoms with Crippen molar-refractivity contribution in [2.45, 2.75) is 0 Å². The van der Waals surface area contributed by atoms with Crippen LogP contribution in [-0.4, -0.2) is 21.4 Å². The van der Waals surface area contributed by atoms with Gasteiger partial charge in [0.15, 0.2) is 0 Å². The van der Waals surface area contributed by atoms with Gasteiger partial charge >= 0.3 is 0 Å². The number of hydrogen-bond acceptors (Lipinski definition) is 2. The number of phenolic OH excluding ortho intramolecular Hbond substituents is 1. The van der Waals surface area contributed by atoms with Gasteiger partial charge in [0, 0.05) is 11.4 Å². The van der Waals surface area contributed by atoms with Crippen molar-refractivity contribution >= 4 is 11.0 Å². The number of phenols is 1. The number of aromatic hydroxyl groups is 1. The van der Waals surface area contributed by atoms with Crippen LogP contribution >= 0.6 is 0 Å². The monoisotopic (exact) mass is 492 g/mol. The lowest BCUT2D eigenvalue weighted by molar-refractivity contribution is 0.415. The Morgan fingerprint density at radius 3 is 1.38 bits per heavy atom. The van der Waals surface area contributed by atoms with Gasteiger partial charge in [-0.3, -0.25) is 0 Å². The lowest BCUT2D eigenvalue weighted by atomic mass is 10.1. The molecule has 0 saturated carbocycles. The largest absolute Gasteiger partial charge is 0.508 e. The smallest absolute Gasteiger partial charge is 0.123 e. The van der Waals surface area contributed by atoms with Gasteiger partial charge in [0.2, 0.25) is 0 Å². The Kier molecular flexibility index (Phi) is 5.49. The van der Waals surface area contributed by atoms with Crippen molar-refractivity contribution in [3.8, 4) is 45.4 Å². The third-order valence-corrected chi connectivity index (χ3v) is 6.49. The van der Waals surface area contributed by atoms with Crippen LogP contribution in [0.2, 0.25) is 0 Å². The summed E-state index contributed by atoms with van der Waals surface area (Å²) in [6, 6.07) is 31.6. The average Bonchev–Trinajstić information content (AvgIpc) is 3.47. The zero-order valence-electron chi connectivity index (χ0n) is 19.9. The van der Waals surface area contributed by atoms with Crippen molar-refractivity contribution in [3.63, 3.8) is 0 Å². The van der Waals surface area contributed by atoms with E-state index >= 15 is 0 Å². The highest BCUT2D eigenvalue weighted by Crippen LogP contribution is 2.39. The topological polar surface area (TPSA) is 39.3 Å². The van der Waals surface area contributed by atoms with Crippen LogP contribution in [0.1, 0.15) is 0 Å². The number of aromatic nitrogens is 2. The number of rotatable bonds is 5. The van der Waals surface area contributed by atoms with Crippen LogP contribution in [0.15, 0.2) is 109 Å². The SMILES string of the molecule is COc1ccc(-n2c(-c3ccc(F)cc3)cc3c2cc(-c2ccc(F)cc2)n3-c2ccc(O)cc2)cc1. The van der Waals surface area contributed by atoms with Crippen LogP contribution < -0.4 is 4.74 Å². The molecule has 0 fully saturated rings. The Labute approximate surface area is 212 Å². The maximum Gasteiger partial charge on any atom is 0.123 e. The first-order chi connectivity index (χ1) is 18.0. The van der Waals surface area contributed by atoms with Crippen molar-refractivity contribution in [2.75, 3.05) is 7.11 Å². The highest BCUT2D eigenvalue weighted by molar-refractivity contribution is 5.93. The zero-order valence-corrected chi connectivity index (χ0v) is 19.9. The molecule has 2 aromatic heterocycles. The molecule has 0 unspecified atom stereocenters. The lowest BCUT2D eigenvalue weighted by Crippen LogP contribution is -1.97. The molecule has 6 heteroatoms. The van der Waals surface area contributed by atoms with E-state index in [1.54, 1.807) is 43.5 Å². The van der Waals surface area contributed by atoms with E-state index in [1.165, 1.54) is 24.3 Å². The number of benzene rings is 4. The Balaban J connectivity index is 1.68. The Morgan fingerprint density at radius 1 is 0.568 bits per heavy atom. The maximum atomic E-state index is 13.8. The number of fused-ring (bicyclic) bond motifs is 1. The van der Waals surface area contributed by atoms with Crippen LogP contribution in [0.4, 0.5) is 8.78 Å². The summed E-state index contributed by atoms with van der Waals surface area (Å²) in [7, 11) is 1.62. The molecule has 4 aromatic carbocycles. The fourth-order valence-electron chi connectivity index (χ4n) is 4.71. The van der Waals surface area contributed by atoms with Crippen molar-refractivity contribution in [1.82, 2.24) is 9.13 Å². The van der Waals surface area contributed by atoms with E-state index in [9.17, 15) is 13.9 Å². The summed E-state index contributed by atoms with van der Waals surface area (Å²) in [6.07, 6.45) is 0. The summed E-state index contributed by atoms with van der Waals surface area (Å²) >= 11 is 0. The van der Waals surface area contributed by atoms with E-state index < -0.39 is 0 Å². The molecule has 0 radical (unpaired) electrons.